The van der Waals surface area contributed by atoms with Gasteiger partial charge in [0.1, 0.15) is 0 Å². The summed E-state index contributed by atoms with van der Waals surface area (Å²) in [6, 6.07) is 9.47. The number of nitrogens with zero attached hydrogens (tertiary/aromatic N) is 1. The number of benzene rings is 1. The first kappa shape index (κ1) is 16.2. The molecule has 0 saturated carbocycles. The number of anilines is 1. The van der Waals surface area contributed by atoms with Crippen molar-refractivity contribution in [2.24, 2.45) is 11.7 Å². The van der Waals surface area contributed by atoms with Crippen molar-refractivity contribution in [2.45, 2.75) is 45.6 Å². The molecule has 0 saturated heterocycles. The summed E-state index contributed by atoms with van der Waals surface area (Å²) in [4.78, 5) is 11.8. The van der Waals surface area contributed by atoms with Gasteiger partial charge in [0, 0.05) is 18.2 Å². The number of hydrogen-bond donors (Lipinski definition) is 2. The van der Waals surface area contributed by atoms with E-state index in [4.69, 9.17) is 11.0 Å². The summed E-state index contributed by atoms with van der Waals surface area (Å²) in [5.74, 6) is 0.193. The highest BCUT2D eigenvalue weighted by atomic mass is 16.1. The van der Waals surface area contributed by atoms with E-state index in [2.05, 4.69) is 11.4 Å². The van der Waals surface area contributed by atoms with Crippen molar-refractivity contribution < 1.29 is 4.79 Å². The Bertz CT molecular complexity index is 497. The molecule has 4 nitrogen and oxygen atoms in total. The lowest BCUT2D eigenvalue weighted by Crippen LogP contribution is -2.31. The van der Waals surface area contributed by atoms with E-state index in [1.165, 1.54) is 0 Å². The molecule has 0 aliphatic heterocycles. The van der Waals surface area contributed by atoms with E-state index in [1.807, 2.05) is 52.0 Å². The zero-order valence-electron chi connectivity index (χ0n) is 12.6. The van der Waals surface area contributed by atoms with Crippen LogP contribution in [0, 0.1) is 17.2 Å². The Morgan fingerprint density at radius 1 is 1.35 bits per heavy atom. The molecule has 1 amide bonds. The van der Waals surface area contributed by atoms with Gasteiger partial charge in [0.25, 0.3) is 0 Å². The predicted octanol–water partition coefficient (Wildman–Crippen LogP) is 2.80. The van der Waals surface area contributed by atoms with E-state index in [-0.39, 0.29) is 17.9 Å². The molecular formula is C16H23N3O. The maximum absolute atomic E-state index is 11.8. The first-order valence-electron chi connectivity index (χ1n) is 6.83. The molecule has 4 heteroatoms. The SMILES string of the molecule is CC(C)C(N)CC(=O)Nc1ccc(C(C)(C)C#N)cc1. The van der Waals surface area contributed by atoms with Crippen molar-refractivity contribution in [3.05, 3.63) is 29.8 Å². The van der Waals surface area contributed by atoms with Crippen molar-refractivity contribution in [3.63, 3.8) is 0 Å². The summed E-state index contributed by atoms with van der Waals surface area (Å²) in [5.41, 5.74) is 7.00. The Kier molecular flexibility index (Phi) is 5.29. The number of hydrogen-bond acceptors (Lipinski definition) is 3. The van der Waals surface area contributed by atoms with Gasteiger partial charge in [-0.25, -0.2) is 0 Å². The van der Waals surface area contributed by atoms with E-state index in [0.717, 1.165) is 11.3 Å². The molecule has 1 aromatic carbocycles. The summed E-state index contributed by atoms with van der Waals surface area (Å²) in [5, 5.41) is 11.9. The highest BCUT2D eigenvalue weighted by molar-refractivity contribution is 5.91. The second-order valence-corrected chi connectivity index (χ2v) is 5.97. The van der Waals surface area contributed by atoms with Gasteiger partial charge in [-0.1, -0.05) is 26.0 Å². The summed E-state index contributed by atoms with van der Waals surface area (Å²) in [7, 11) is 0. The Balaban J connectivity index is 2.67. The average Bonchev–Trinajstić information content (AvgIpc) is 2.39. The Morgan fingerprint density at radius 3 is 2.35 bits per heavy atom. The molecule has 0 aromatic heterocycles. The minimum atomic E-state index is -0.525. The lowest BCUT2D eigenvalue weighted by atomic mass is 9.86. The normalized spacial score (nSPS) is 12.8. The minimum absolute atomic E-state index is 0.0847. The Morgan fingerprint density at radius 2 is 1.90 bits per heavy atom. The van der Waals surface area contributed by atoms with Crippen LogP contribution < -0.4 is 11.1 Å². The molecule has 0 aliphatic rings. The molecule has 20 heavy (non-hydrogen) atoms. The first-order chi connectivity index (χ1) is 9.26. The maximum Gasteiger partial charge on any atom is 0.225 e. The van der Waals surface area contributed by atoms with Crippen LogP contribution in [-0.2, 0) is 10.2 Å². The van der Waals surface area contributed by atoms with Gasteiger partial charge in [0.2, 0.25) is 5.91 Å². The fourth-order valence-electron chi connectivity index (χ4n) is 1.70. The number of nitrogens with one attached hydrogen (secondary N) is 1. The topological polar surface area (TPSA) is 78.9 Å². The number of amides is 1. The third-order valence-corrected chi connectivity index (χ3v) is 3.45. The molecule has 0 bridgehead atoms. The zero-order valence-corrected chi connectivity index (χ0v) is 12.6. The van der Waals surface area contributed by atoms with Crippen LogP contribution in [0.15, 0.2) is 24.3 Å². The third-order valence-electron chi connectivity index (χ3n) is 3.45. The monoisotopic (exact) mass is 273 g/mol. The molecule has 108 valence electrons. The highest BCUT2D eigenvalue weighted by Gasteiger charge is 2.19. The van der Waals surface area contributed by atoms with Gasteiger partial charge in [-0.2, -0.15) is 5.26 Å². The van der Waals surface area contributed by atoms with Crippen molar-refractivity contribution in [1.29, 1.82) is 5.26 Å². The van der Waals surface area contributed by atoms with E-state index in [9.17, 15) is 4.79 Å². The van der Waals surface area contributed by atoms with Crippen LogP contribution in [0.3, 0.4) is 0 Å². The number of carbonyl (C=O) groups is 1. The molecule has 1 unspecified atom stereocenters. The molecule has 1 atom stereocenters. The molecule has 1 aromatic rings. The van der Waals surface area contributed by atoms with Gasteiger partial charge in [-0.3, -0.25) is 4.79 Å². The standard InChI is InChI=1S/C16H23N3O/c1-11(2)14(18)9-15(20)19-13-7-5-12(6-8-13)16(3,4)10-17/h5-8,11,14H,9,18H2,1-4H3,(H,19,20). The highest BCUT2D eigenvalue weighted by Crippen LogP contribution is 2.23. The molecule has 0 aliphatic carbocycles. The number of nitrogens with two attached hydrogens (primary N) is 1. The zero-order chi connectivity index (χ0) is 15.3. The van der Waals surface area contributed by atoms with Crippen LogP contribution in [0.1, 0.15) is 39.7 Å². The van der Waals surface area contributed by atoms with Gasteiger partial charge in [0.05, 0.1) is 11.5 Å². The summed E-state index contributed by atoms with van der Waals surface area (Å²) < 4.78 is 0. The minimum Gasteiger partial charge on any atom is -0.327 e. The third kappa shape index (κ3) is 4.36. The van der Waals surface area contributed by atoms with Crippen molar-refractivity contribution in [1.82, 2.24) is 0 Å². The van der Waals surface area contributed by atoms with Crippen LogP contribution in [0.25, 0.3) is 0 Å². The molecule has 0 heterocycles. The van der Waals surface area contributed by atoms with E-state index >= 15 is 0 Å². The van der Waals surface area contributed by atoms with E-state index < -0.39 is 5.41 Å². The molecule has 3 N–H and O–H groups in total. The first-order valence-corrected chi connectivity index (χ1v) is 6.83. The molecule has 1 rings (SSSR count). The van der Waals surface area contributed by atoms with E-state index in [1.54, 1.807) is 0 Å². The summed E-state index contributed by atoms with van der Waals surface area (Å²) in [6.07, 6.45) is 0.309. The second-order valence-electron chi connectivity index (χ2n) is 5.97. The van der Waals surface area contributed by atoms with E-state index in [0.29, 0.717) is 6.42 Å². The molecule has 0 fully saturated rings. The second kappa shape index (κ2) is 6.53. The van der Waals surface area contributed by atoms with Gasteiger partial charge < -0.3 is 11.1 Å². The van der Waals surface area contributed by atoms with Crippen LogP contribution in [0.4, 0.5) is 5.69 Å². The van der Waals surface area contributed by atoms with Crippen LogP contribution >= 0.6 is 0 Å². The van der Waals surface area contributed by atoms with Crippen LogP contribution in [-0.4, -0.2) is 11.9 Å². The van der Waals surface area contributed by atoms with Crippen molar-refractivity contribution >= 4 is 11.6 Å². The van der Waals surface area contributed by atoms with Gasteiger partial charge in [-0.15, -0.1) is 0 Å². The van der Waals surface area contributed by atoms with Crippen LogP contribution in [0.2, 0.25) is 0 Å². The predicted molar refractivity (Wildman–Crippen MR) is 81.1 cm³/mol. The number of nitriles is 1. The molecule has 0 spiro atoms. The van der Waals surface area contributed by atoms with Gasteiger partial charge in [-0.05, 0) is 37.5 Å². The summed E-state index contributed by atoms with van der Waals surface area (Å²) in [6.45, 7) is 7.72. The Labute approximate surface area is 121 Å². The molecule has 0 radical (unpaired) electrons. The Hall–Kier alpha value is -1.86. The number of rotatable bonds is 5. The largest absolute Gasteiger partial charge is 0.327 e. The lowest BCUT2D eigenvalue weighted by Gasteiger charge is -2.17. The fourth-order valence-corrected chi connectivity index (χ4v) is 1.70. The van der Waals surface area contributed by atoms with Crippen LogP contribution in [0.5, 0.6) is 0 Å². The average molecular weight is 273 g/mol. The molecular weight excluding hydrogens is 250 g/mol. The number of carbonyl (C=O) groups excluding carboxylic acids is 1. The fraction of sp³-hybridized carbons (Fsp3) is 0.500. The maximum atomic E-state index is 11.8. The smallest absolute Gasteiger partial charge is 0.225 e. The lowest BCUT2D eigenvalue weighted by molar-refractivity contribution is -0.116. The van der Waals surface area contributed by atoms with Gasteiger partial charge >= 0.3 is 0 Å². The quantitative estimate of drug-likeness (QED) is 0.865. The van der Waals surface area contributed by atoms with Crippen molar-refractivity contribution in [2.75, 3.05) is 5.32 Å². The summed E-state index contributed by atoms with van der Waals surface area (Å²) >= 11 is 0. The van der Waals surface area contributed by atoms with Gasteiger partial charge in [0.15, 0.2) is 0 Å². The van der Waals surface area contributed by atoms with Crippen molar-refractivity contribution in [3.8, 4) is 6.07 Å².